The quantitative estimate of drug-likeness (QED) is 0.227. The van der Waals surface area contributed by atoms with Crippen LogP contribution in [-0.2, 0) is 11.4 Å². The maximum Gasteiger partial charge on any atom is 0.365 e. The van der Waals surface area contributed by atoms with Crippen molar-refractivity contribution in [1.29, 1.82) is 0 Å². The Morgan fingerprint density at radius 1 is 0.931 bits per heavy atom. The zero-order valence-electron chi connectivity index (χ0n) is 14.9. The van der Waals surface area contributed by atoms with Gasteiger partial charge in [-0.15, -0.1) is 0 Å². The van der Waals surface area contributed by atoms with Crippen molar-refractivity contribution in [3.05, 3.63) is 98.5 Å². The summed E-state index contributed by atoms with van der Waals surface area (Å²) in [6, 6.07) is 18.6. The Morgan fingerprint density at radius 2 is 1.72 bits per heavy atom. The maximum absolute atomic E-state index is 12.3. The first-order chi connectivity index (χ1) is 13.9. The van der Waals surface area contributed by atoms with Gasteiger partial charge in [-0.05, 0) is 48.0 Å². The number of benzene rings is 3. The lowest BCUT2D eigenvalue weighted by atomic mass is 10.1. The zero-order valence-corrected chi connectivity index (χ0v) is 17.2. The monoisotopic (exact) mass is 448 g/mol. The molecule has 0 saturated heterocycles. The second-order valence-electron chi connectivity index (χ2n) is 5.90. The molecule has 3 aromatic carbocycles. The summed E-state index contributed by atoms with van der Waals surface area (Å²) in [5.74, 6) is -0.157. The lowest BCUT2D eigenvalue weighted by Crippen LogP contribution is -2.16. The van der Waals surface area contributed by atoms with Gasteiger partial charge < -0.3 is 15.3 Å². The Kier molecular flexibility index (Phi) is 6.99. The number of hydrogen-bond donors (Lipinski definition) is 1. The van der Waals surface area contributed by atoms with E-state index in [1.165, 1.54) is 6.07 Å². The fraction of sp³-hybridized carbons (Fsp3) is 0.0476. The molecule has 8 heteroatoms. The van der Waals surface area contributed by atoms with E-state index in [4.69, 9.17) is 50.1 Å². The summed E-state index contributed by atoms with van der Waals surface area (Å²) >= 11 is 18.0. The molecule has 0 aliphatic carbocycles. The molecule has 0 unspecified atom stereocenters. The molecule has 0 bridgehead atoms. The predicted molar refractivity (Wildman–Crippen MR) is 115 cm³/mol. The van der Waals surface area contributed by atoms with Crippen LogP contribution in [0.1, 0.15) is 21.5 Å². The molecule has 0 fully saturated rings. The van der Waals surface area contributed by atoms with Crippen molar-refractivity contribution in [2.45, 2.75) is 6.61 Å². The van der Waals surface area contributed by atoms with Gasteiger partial charge >= 0.3 is 5.97 Å². The number of para-hydroxylation sites is 1. The van der Waals surface area contributed by atoms with Gasteiger partial charge in [0.25, 0.3) is 0 Å². The normalized spacial score (nSPS) is 11.2. The van der Waals surface area contributed by atoms with Crippen molar-refractivity contribution in [2.24, 2.45) is 10.9 Å². The number of rotatable bonds is 6. The molecular weight excluding hydrogens is 435 g/mol. The summed E-state index contributed by atoms with van der Waals surface area (Å²) in [4.78, 5) is 17.2. The molecule has 5 nitrogen and oxygen atoms in total. The predicted octanol–water partition coefficient (Wildman–Crippen LogP) is 5.70. The molecule has 3 aromatic rings. The molecule has 0 aliphatic rings. The number of oxime groups is 1. The molecule has 0 radical (unpaired) electrons. The minimum absolute atomic E-state index is 0.0433. The van der Waals surface area contributed by atoms with Crippen LogP contribution in [0.15, 0.2) is 71.9 Å². The highest BCUT2D eigenvalue weighted by Crippen LogP contribution is 2.24. The number of nitrogens with two attached hydrogens (primary N) is 1. The van der Waals surface area contributed by atoms with Gasteiger partial charge in [0, 0.05) is 10.6 Å². The Bertz CT molecular complexity index is 1070. The highest BCUT2D eigenvalue weighted by atomic mass is 35.5. The summed E-state index contributed by atoms with van der Waals surface area (Å²) in [5, 5.41) is 4.93. The number of carbonyl (C=O) groups excluding carboxylic acids is 1. The number of ether oxygens (including phenoxy) is 1. The molecule has 0 amide bonds. The number of halogens is 3. The van der Waals surface area contributed by atoms with Crippen LogP contribution in [0.5, 0.6) is 5.75 Å². The van der Waals surface area contributed by atoms with Crippen molar-refractivity contribution in [3.63, 3.8) is 0 Å². The summed E-state index contributed by atoms with van der Waals surface area (Å²) in [6.45, 7) is 0.233. The Morgan fingerprint density at radius 3 is 2.48 bits per heavy atom. The molecule has 0 atom stereocenters. The van der Waals surface area contributed by atoms with E-state index >= 15 is 0 Å². The van der Waals surface area contributed by atoms with Gasteiger partial charge in [0.05, 0.1) is 15.6 Å². The van der Waals surface area contributed by atoms with Crippen molar-refractivity contribution in [1.82, 2.24) is 0 Å². The highest BCUT2D eigenvalue weighted by molar-refractivity contribution is 6.36. The van der Waals surface area contributed by atoms with Crippen molar-refractivity contribution < 1.29 is 14.4 Å². The van der Waals surface area contributed by atoms with Gasteiger partial charge in [-0.2, -0.15) is 0 Å². The molecule has 148 valence electrons. The second-order valence-corrected chi connectivity index (χ2v) is 7.15. The number of carbonyl (C=O) groups is 1. The van der Waals surface area contributed by atoms with E-state index in [1.54, 1.807) is 42.5 Å². The topological polar surface area (TPSA) is 73.9 Å². The first-order valence-electron chi connectivity index (χ1n) is 8.40. The van der Waals surface area contributed by atoms with Crippen LogP contribution >= 0.6 is 34.8 Å². The third kappa shape index (κ3) is 5.64. The molecular formula is C21H15Cl3N2O3. The second kappa shape index (κ2) is 9.65. The largest absolute Gasteiger partial charge is 0.487 e. The van der Waals surface area contributed by atoms with Gasteiger partial charge in [-0.1, -0.05) is 64.2 Å². The molecule has 29 heavy (non-hydrogen) atoms. The average Bonchev–Trinajstić information content (AvgIpc) is 2.71. The van der Waals surface area contributed by atoms with E-state index in [1.807, 2.05) is 18.2 Å². The van der Waals surface area contributed by atoms with Gasteiger partial charge in [-0.3, -0.25) is 0 Å². The van der Waals surface area contributed by atoms with Crippen molar-refractivity contribution in [2.75, 3.05) is 0 Å². The van der Waals surface area contributed by atoms with Crippen LogP contribution < -0.4 is 10.5 Å². The Hall–Kier alpha value is -2.73. The van der Waals surface area contributed by atoms with Crippen LogP contribution in [0.3, 0.4) is 0 Å². The van der Waals surface area contributed by atoms with Crippen molar-refractivity contribution >= 4 is 46.6 Å². The van der Waals surface area contributed by atoms with Crippen molar-refractivity contribution in [3.8, 4) is 5.75 Å². The van der Waals surface area contributed by atoms with E-state index in [-0.39, 0.29) is 12.4 Å². The number of amidine groups is 1. The molecule has 0 aliphatic heterocycles. The third-order valence-corrected chi connectivity index (χ3v) is 4.69. The first kappa shape index (κ1) is 21.0. The lowest BCUT2D eigenvalue weighted by molar-refractivity contribution is 0.0516. The van der Waals surface area contributed by atoms with Gasteiger partial charge in [0.15, 0.2) is 5.84 Å². The van der Waals surface area contributed by atoms with Gasteiger partial charge in [0.2, 0.25) is 0 Å². The van der Waals surface area contributed by atoms with E-state index in [9.17, 15) is 4.79 Å². The molecule has 2 N–H and O–H groups in total. The van der Waals surface area contributed by atoms with E-state index in [2.05, 4.69) is 5.16 Å². The molecule has 0 heterocycles. The molecule has 3 rings (SSSR count). The van der Waals surface area contributed by atoms with E-state index < -0.39 is 5.97 Å². The SMILES string of the molecule is N/C(=N\OC(=O)c1cccc(COc2ccccc2Cl)c1)c1ccc(Cl)cc1Cl. The Balaban J connectivity index is 1.66. The first-order valence-corrected chi connectivity index (χ1v) is 9.54. The maximum atomic E-state index is 12.3. The van der Waals surface area contributed by atoms with E-state index in [0.717, 1.165) is 5.56 Å². The zero-order chi connectivity index (χ0) is 20.8. The summed E-state index contributed by atoms with van der Waals surface area (Å²) in [7, 11) is 0. The highest BCUT2D eigenvalue weighted by Gasteiger charge is 2.11. The van der Waals surface area contributed by atoms with Gasteiger partial charge in [0.1, 0.15) is 12.4 Å². The summed E-state index contributed by atoms with van der Waals surface area (Å²) < 4.78 is 5.68. The van der Waals surface area contributed by atoms with Gasteiger partial charge in [-0.25, -0.2) is 4.79 Å². The lowest BCUT2D eigenvalue weighted by Gasteiger charge is -2.08. The Labute approximate surface area is 182 Å². The third-order valence-electron chi connectivity index (χ3n) is 3.83. The smallest absolute Gasteiger partial charge is 0.365 e. The van der Waals surface area contributed by atoms with Crippen LogP contribution in [0.25, 0.3) is 0 Å². The standard InChI is InChI=1S/C21H15Cl3N2O3/c22-15-8-9-16(18(24)11-15)20(25)26-29-21(27)14-5-3-4-13(10-14)12-28-19-7-2-1-6-17(19)23/h1-11H,12H2,(H2,25,26). The minimum atomic E-state index is -0.669. The average molecular weight is 450 g/mol. The summed E-state index contributed by atoms with van der Waals surface area (Å²) in [6.07, 6.45) is 0. The summed E-state index contributed by atoms with van der Waals surface area (Å²) in [5.41, 5.74) is 7.31. The molecule has 0 spiro atoms. The minimum Gasteiger partial charge on any atom is -0.487 e. The molecule has 0 saturated carbocycles. The molecule has 0 aromatic heterocycles. The fourth-order valence-corrected chi connectivity index (χ4v) is 3.10. The number of nitrogens with zero attached hydrogens (tertiary/aromatic N) is 1. The fourth-order valence-electron chi connectivity index (χ4n) is 2.40. The van der Waals surface area contributed by atoms with Crippen LogP contribution in [0, 0.1) is 0 Å². The van der Waals surface area contributed by atoms with Crippen LogP contribution in [0.2, 0.25) is 15.1 Å². The van der Waals surface area contributed by atoms with E-state index in [0.29, 0.717) is 31.9 Å². The number of hydrogen-bond acceptors (Lipinski definition) is 4. The van der Waals surface area contributed by atoms with Crippen LogP contribution in [0.4, 0.5) is 0 Å². The van der Waals surface area contributed by atoms with Crippen LogP contribution in [-0.4, -0.2) is 11.8 Å².